The third-order valence-electron chi connectivity index (χ3n) is 6.07. The number of aromatic nitrogens is 1. The zero-order valence-corrected chi connectivity index (χ0v) is 18.1. The van der Waals surface area contributed by atoms with Gasteiger partial charge < -0.3 is 14.8 Å². The summed E-state index contributed by atoms with van der Waals surface area (Å²) >= 11 is 0. The van der Waals surface area contributed by atoms with Gasteiger partial charge in [-0.25, -0.2) is 0 Å². The van der Waals surface area contributed by atoms with E-state index < -0.39 is 0 Å². The highest BCUT2D eigenvalue weighted by atomic mass is 16.5. The fourth-order valence-electron chi connectivity index (χ4n) is 4.30. The summed E-state index contributed by atoms with van der Waals surface area (Å²) in [5.41, 5.74) is 4.52. The molecule has 3 heterocycles. The molecule has 1 saturated heterocycles. The Hall–Kier alpha value is -2.83. The summed E-state index contributed by atoms with van der Waals surface area (Å²) in [6.07, 6.45) is 0. The van der Waals surface area contributed by atoms with Crippen LogP contribution in [0.4, 0.5) is 5.69 Å². The second-order valence-electron chi connectivity index (χ2n) is 8.38. The van der Waals surface area contributed by atoms with Crippen LogP contribution in [0, 0.1) is 6.92 Å². The van der Waals surface area contributed by atoms with Crippen molar-refractivity contribution in [1.82, 2.24) is 14.8 Å². The molecule has 0 atom stereocenters. The Morgan fingerprint density at radius 3 is 2.77 bits per heavy atom. The highest BCUT2D eigenvalue weighted by Gasteiger charge is 2.18. The zero-order chi connectivity index (χ0) is 21.0. The number of anilines is 1. The van der Waals surface area contributed by atoms with Gasteiger partial charge in [-0.3, -0.25) is 14.8 Å². The van der Waals surface area contributed by atoms with Crippen LogP contribution in [0.25, 0.3) is 10.9 Å². The van der Waals surface area contributed by atoms with E-state index in [1.807, 2.05) is 25.1 Å². The lowest BCUT2D eigenvalue weighted by Crippen LogP contribution is -2.47. The van der Waals surface area contributed by atoms with E-state index in [-0.39, 0.29) is 0 Å². The summed E-state index contributed by atoms with van der Waals surface area (Å²) in [6, 6.07) is 16.8. The van der Waals surface area contributed by atoms with E-state index in [9.17, 15) is 0 Å². The van der Waals surface area contributed by atoms with Crippen molar-refractivity contribution < 1.29 is 9.47 Å². The number of hydrogen-bond donors (Lipinski definition) is 1. The first-order chi connectivity index (χ1) is 15.2. The Morgan fingerprint density at radius 2 is 1.87 bits per heavy atom. The Labute approximate surface area is 183 Å². The van der Waals surface area contributed by atoms with Gasteiger partial charge in [0.15, 0.2) is 0 Å². The summed E-state index contributed by atoms with van der Waals surface area (Å²) in [6.45, 7) is 10.6. The van der Waals surface area contributed by atoms with E-state index >= 15 is 0 Å². The van der Waals surface area contributed by atoms with Gasteiger partial charge in [0.1, 0.15) is 24.7 Å². The van der Waals surface area contributed by atoms with Gasteiger partial charge >= 0.3 is 0 Å². The van der Waals surface area contributed by atoms with Crippen molar-refractivity contribution in [2.45, 2.75) is 13.5 Å². The predicted molar refractivity (Wildman–Crippen MR) is 124 cm³/mol. The van der Waals surface area contributed by atoms with E-state index in [2.05, 4.69) is 50.4 Å². The van der Waals surface area contributed by atoms with Crippen LogP contribution in [0.5, 0.6) is 11.5 Å². The first-order valence-electron chi connectivity index (χ1n) is 11.2. The third kappa shape index (κ3) is 4.92. The Bertz CT molecular complexity index is 1050. The lowest BCUT2D eigenvalue weighted by atomic mass is 10.1. The van der Waals surface area contributed by atoms with E-state index in [4.69, 9.17) is 9.47 Å². The minimum absolute atomic E-state index is 0.710. The Balaban J connectivity index is 1.07. The Morgan fingerprint density at radius 1 is 1.00 bits per heavy atom. The van der Waals surface area contributed by atoms with Crippen LogP contribution in [-0.2, 0) is 6.54 Å². The average molecular weight is 419 g/mol. The van der Waals surface area contributed by atoms with Gasteiger partial charge in [-0.15, -0.1) is 0 Å². The molecule has 0 saturated carbocycles. The van der Waals surface area contributed by atoms with Gasteiger partial charge in [0.2, 0.25) is 0 Å². The van der Waals surface area contributed by atoms with Crippen LogP contribution in [0.2, 0.25) is 0 Å². The van der Waals surface area contributed by atoms with Crippen LogP contribution in [0.15, 0.2) is 48.5 Å². The van der Waals surface area contributed by atoms with E-state index in [1.54, 1.807) is 0 Å². The summed E-state index contributed by atoms with van der Waals surface area (Å²) in [4.78, 5) is 9.57. The monoisotopic (exact) mass is 418 g/mol. The fraction of sp³-hybridized carbons (Fsp3) is 0.400. The van der Waals surface area contributed by atoms with Crippen LogP contribution in [-0.4, -0.2) is 67.3 Å². The SMILES string of the molecule is Cc1ccc2cc(OCCN3CCN(Cc4ccc5c(c4)NCCO5)CC3)ccc2n1. The molecule has 0 amide bonds. The van der Waals surface area contributed by atoms with Crippen molar-refractivity contribution in [3.8, 4) is 11.5 Å². The topological polar surface area (TPSA) is 49.9 Å². The number of rotatable bonds is 6. The molecule has 3 aromatic rings. The Kier molecular flexibility index (Phi) is 5.91. The molecule has 5 rings (SSSR count). The molecule has 2 aromatic carbocycles. The molecule has 1 aromatic heterocycles. The standard InChI is InChI=1S/C25H30N4O2/c1-19-2-4-21-17-22(5-6-23(21)27-19)30-15-13-28-9-11-29(12-10-28)18-20-3-7-25-24(16-20)26-8-14-31-25/h2-7,16-17,26H,8-15,18H2,1H3. The highest BCUT2D eigenvalue weighted by molar-refractivity contribution is 5.80. The molecule has 1 N–H and O–H groups in total. The third-order valence-corrected chi connectivity index (χ3v) is 6.07. The van der Waals surface area contributed by atoms with Crippen molar-refractivity contribution >= 4 is 16.6 Å². The molecule has 162 valence electrons. The minimum atomic E-state index is 0.710. The largest absolute Gasteiger partial charge is 0.492 e. The number of pyridine rings is 1. The molecule has 2 aliphatic rings. The number of hydrogen-bond acceptors (Lipinski definition) is 6. The van der Waals surface area contributed by atoms with Crippen LogP contribution >= 0.6 is 0 Å². The normalized spacial score (nSPS) is 17.1. The van der Waals surface area contributed by atoms with E-state index in [0.29, 0.717) is 6.61 Å². The van der Waals surface area contributed by atoms with E-state index in [0.717, 1.165) is 86.2 Å². The number of fused-ring (bicyclic) bond motifs is 2. The molecule has 1 fully saturated rings. The molecule has 31 heavy (non-hydrogen) atoms. The second kappa shape index (κ2) is 9.12. The van der Waals surface area contributed by atoms with Crippen LogP contribution in [0.1, 0.15) is 11.3 Å². The smallest absolute Gasteiger partial charge is 0.142 e. The van der Waals surface area contributed by atoms with Crippen LogP contribution < -0.4 is 14.8 Å². The average Bonchev–Trinajstić information content (AvgIpc) is 2.80. The predicted octanol–water partition coefficient (Wildman–Crippen LogP) is 3.54. The quantitative estimate of drug-likeness (QED) is 0.661. The lowest BCUT2D eigenvalue weighted by Gasteiger charge is -2.34. The molecule has 0 unspecified atom stereocenters. The zero-order valence-electron chi connectivity index (χ0n) is 18.1. The molecule has 0 spiro atoms. The van der Waals surface area contributed by atoms with E-state index in [1.165, 1.54) is 5.56 Å². The number of nitrogens with zero attached hydrogens (tertiary/aromatic N) is 3. The lowest BCUT2D eigenvalue weighted by molar-refractivity contribution is 0.112. The van der Waals surface area contributed by atoms with Crippen LogP contribution in [0.3, 0.4) is 0 Å². The maximum absolute atomic E-state index is 6.02. The van der Waals surface area contributed by atoms with Gasteiger partial charge in [-0.05, 0) is 48.9 Å². The number of nitrogens with one attached hydrogen (secondary N) is 1. The molecule has 0 bridgehead atoms. The number of benzene rings is 2. The fourth-order valence-corrected chi connectivity index (χ4v) is 4.30. The molecule has 6 nitrogen and oxygen atoms in total. The molecule has 0 aliphatic carbocycles. The molecule has 6 heteroatoms. The summed E-state index contributed by atoms with van der Waals surface area (Å²) < 4.78 is 11.7. The van der Waals surface area contributed by atoms with Crippen molar-refractivity contribution in [2.24, 2.45) is 0 Å². The first-order valence-corrected chi connectivity index (χ1v) is 11.2. The van der Waals surface area contributed by atoms with Crippen molar-refractivity contribution in [3.63, 3.8) is 0 Å². The molecular weight excluding hydrogens is 388 g/mol. The van der Waals surface area contributed by atoms with Gasteiger partial charge in [0.05, 0.1) is 11.2 Å². The van der Waals surface area contributed by atoms with Crippen molar-refractivity contribution in [1.29, 1.82) is 0 Å². The number of aryl methyl sites for hydroxylation is 1. The first kappa shape index (κ1) is 20.1. The minimum Gasteiger partial charge on any atom is -0.492 e. The summed E-state index contributed by atoms with van der Waals surface area (Å²) in [5.74, 6) is 1.89. The molecule has 2 aliphatic heterocycles. The van der Waals surface area contributed by atoms with Gasteiger partial charge in [-0.2, -0.15) is 0 Å². The van der Waals surface area contributed by atoms with Crippen molar-refractivity contribution in [2.75, 3.05) is 57.8 Å². The number of piperazine rings is 1. The summed E-state index contributed by atoms with van der Waals surface area (Å²) in [7, 11) is 0. The second-order valence-corrected chi connectivity index (χ2v) is 8.38. The maximum Gasteiger partial charge on any atom is 0.142 e. The van der Waals surface area contributed by atoms with Crippen molar-refractivity contribution in [3.05, 3.63) is 59.8 Å². The molecule has 0 radical (unpaired) electrons. The molecular formula is C25H30N4O2. The van der Waals surface area contributed by atoms with Gasteiger partial charge in [-0.1, -0.05) is 12.1 Å². The maximum atomic E-state index is 6.02. The van der Waals surface area contributed by atoms with Gasteiger partial charge in [0.25, 0.3) is 0 Å². The summed E-state index contributed by atoms with van der Waals surface area (Å²) in [5, 5.41) is 4.55. The number of ether oxygens (including phenoxy) is 2. The van der Waals surface area contributed by atoms with Gasteiger partial charge in [0, 0.05) is 56.9 Å². The highest BCUT2D eigenvalue weighted by Crippen LogP contribution is 2.28.